The first-order valence-corrected chi connectivity index (χ1v) is 6.55. The second kappa shape index (κ2) is 5.75. The molecule has 102 valence electrons. The maximum Gasteiger partial charge on any atom is 0.222 e. The fourth-order valence-corrected chi connectivity index (χ4v) is 2.14. The van der Waals surface area contributed by atoms with Gasteiger partial charge in [0, 0.05) is 11.9 Å². The molecule has 0 saturated carbocycles. The maximum absolute atomic E-state index is 5.82. The molecule has 0 spiro atoms. The minimum atomic E-state index is 0.382. The molecule has 20 heavy (non-hydrogen) atoms. The summed E-state index contributed by atoms with van der Waals surface area (Å²) in [7, 11) is 1.90. The molecule has 3 aromatic rings. The third-order valence-electron chi connectivity index (χ3n) is 3.05. The number of hydrogen-bond acceptors (Lipinski definition) is 4. The van der Waals surface area contributed by atoms with Gasteiger partial charge in [-0.25, -0.2) is 4.98 Å². The SMILES string of the molecule is CNCc1cc2ccccc2c(OCc2ccco2)n1. The monoisotopic (exact) mass is 268 g/mol. The molecule has 0 radical (unpaired) electrons. The van der Waals surface area contributed by atoms with Gasteiger partial charge in [-0.15, -0.1) is 0 Å². The average molecular weight is 268 g/mol. The number of aromatic nitrogens is 1. The minimum Gasteiger partial charge on any atom is -0.469 e. The molecule has 0 aliphatic carbocycles. The Labute approximate surface area is 117 Å². The van der Waals surface area contributed by atoms with Crippen LogP contribution in [0.1, 0.15) is 11.5 Å². The zero-order valence-corrected chi connectivity index (χ0v) is 11.3. The number of nitrogens with zero attached hydrogens (tertiary/aromatic N) is 1. The van der Waals surface area contributed by atoms with Crippen molar-refractivity contribution < 1.29 is 9.15 Å². The van der Waals surface area contributed by atoms with Crippen molar-refractivity contribution in [3.63, 3.8) is 0 Å². The van der Waals surface area contributed by atoms with Crippen LogP contribution in [0.4, 0.5) is 0 Å². The minimum absolute atomic E-state index is 0.382. The van der Waals surface area contributed by atoms with Crippen LogP contribution in [0.25, 0.3) is 10.8 Å². The van der Waals surface area contributed by atoms with Crippen LogP contribution < -0.4 is 10.1 Å². The normalized spacial score (nSPS) is 10.8. The first kappa shape index (κ1) is 12.7. The molecule has 0 aliphatic rings. The maximum atomic E-state index is 5.82. The largest absolute Gasteiger partial charge is 0.469 e. The van der Waals surface area contributed by atoms with Crippen LogP contribution in [0, 0.1) is 0 Å². The molecular weight excluding hydrogens is 252 g/mol. The van der Waals surface area contributed by atoms with Gasteiger partial charge in [-0.05, 0) is 36.7 Å². The van der Waals surface area contributed by atoms with Gasteiger partial charge in [-0.2, -0.15) is 0 Å². The molecule has 2 aromatic heterocycles. The van der Waals surface area contributed by atoms with E-state index >= 15 is 0 Å². The van der Waals surface area contributed by atoms with E-state index in [0.29, 0.717) is 19.0 Å². The Bertz CT molecular complexity index is 693. The number of rotatable bonds is 5. The molecule has 4 nitrogen and oxygen atoms in total. The van der Waals surface area contributed by atoms with Gasteiger partial charge in [0.1, 0.15) is 12.4 Å². The Morgan fingerprint density at radius 1 is 1.20 bits per heavy atom. The number of hydrogen-bond donors (Lipinski definition) is 1. The summed E-state index contributed by atoms with van der Waals surface area (Å²) >= 11 is 0. The summed E-state index contributed by atoms with van der Waals surface area (Å²) < 4.78 is 11.1. The molecule has 0 bridgehead atoms. The van der Waals surface area contributed by atoms with Gasteiger partial charge in [-0.3, -0.25) is 0 Å². The van der Waals surface area contributed by atoms with Crippen LogP contribution in [-0.2, 0) is 13.2 Å². The van der Waals surface area contributed by atoms with Gasteiger partial charge >= 0.3 is 0 Å². The highest BCUT2D eigenvalue weighted by atomic mass is 16.5. The van der Waals surface area contributed by atoms with E-state index in [2.05, 4.69) is 22.4 Å². The zero-order valence-electron chi connectivity index (χ0n) is 11.3. The van der Waals surface area contributed by atoms with Crippen molar-refractivity contribution in [2.24, 2.45) is 0 Å². The summed E-state index contributed by atoms with van der Waals surface area (Å²) in [6, 6.07) is 13.9. The van der Waals surface area contributed by atoms with Crippen LogP contribution in [0.5, 0.6) is 5.88 Å². The lowest BCUT2D eigenvalue weighted by Crippen LogP contribution is -2.08. The van der Waals surface area contributed by atoms with Crippen molar-refractivity contribution in [2.75, 3.05) is 7.05 Å². The van der Waals surface area contributed by atoms with Crippen LogP contribution in [0.3, 0.4) is 0 Å². The van der Waals surface area contributed by atoms with Gasteiger partial charge in [0.15, 0.2) is 0 Å². The zero-order chi connectivity index (χ0) is 13.8. The molecule has 4 heteroatoms. The Kier molecular flexibility index (Phi) is 3.65. The van der Waals surface area contributed by atoms with Crippen molar-refractivity contribution in [1.82, 2.24) is 10.3 Å². The highest BCUT2D eigenvalue weighted by Gasteiger charge is 2.07. The second-order valence-electron chi connectivity index (χ2n) is 4.54. The third-order valence-corrected chi connectivity index (χ3v) is 3.05. The number of ether oxygens (including phenoxy) is 1. The quantitative estimate of drug-likeness (QED) is 0.772. The Hall–Kier alpha value is -2.33. The van der Waals surface area contributed by atoms with E-state index < -0.39 is 0 Å². The van der Waals surface area contributed by atoms with Gasteiger partial charge in [0.05, 0.1) is 12.0 Å². The lowest BCUT2D eigenvalue weighted by molar-refractivity contribution is 0.263. The van der Waals surface area contributed by atoms with Crippen molar-refractivity contribution in [3.8, 4) is 5.88 Å². The van der Waals surface area contributed by atoms with E-state index in [0.717, 1.165) is 22.2 Å². The lowest BCUT2D eigenvalue weighted by atomic mass is 10.1. The topological polar surface area (TPSA) is 47.3 Å². The van der Waals surface area contributed by atoms with Crippen LogP contribution >= 0.6 is 0 Å². The van der Waals surface area contributed by atoms with Gasteiger partial charge in [-0.1, -0.05) is 18.2 Å². The smallest absolute Gasteiger partial charge is 0.222 e. The van der Waals surface area contributed by atoms with E-state index in [1.54, 1.807) is 6.26 Å². The molecule has 0 fully saturated rings. The van der Waals surface area contributed by atoms with E-state index in [4.69, 9.17) is 9.15 Å². The van der Waals surface area contributed by atoms with E-state index in [-0.39, 0.29) is 0 Å². The molecule has 0 unspecified atom stereocenters. The summed E-state index contributed by atoms with van der Waals surface area (Å²) in [4.78, 5) is 4.56. The van der Waals surface area contributed by atoms with Gasteiger partial charge in [0.25, 0.3) is 0 Å². The molecule has 0 aliphatic heterocycles. The van der Waals surface area contributed by atoms with Crippen molar-refractivity contribution in [2.45, 2.75) is 13.2 Å². The number of nitrogens with one attached hydrogen (secondary N) is 1. The summed E-state index contributed by atoms with van der Waals surface area (Å²) in [6.07, 6.45) is 1.64. The Balaban J connectivity index is 1.94. The molecular formula is C16H16N2O2. The summed E-state index contributed by atoms with van der Waals surface area (Å²) in [5.74, 6) is 1.43. The fraction of sp³-hybridized carbons (Fsp3) is 0.188. The first-order valence-electron chi connectivity index (χ1n) is 6.55. The Morgan fingerprint density at radius 2 is 2.10 bits per heavy atom. The molecule has 0 atom stereocenters. The van der Waals surface area contributed by atoms with E-state index in [1.165, 1.54) is 0 Å². The first-order chi connectivity index (χ1) is 9.86. The molecule has 0 amide bonds. The molecule has 1 aromatic carbocycles. The summed E-state index contributed by atoms with van der Waals surface area (Å²) in [5.41, 5.74) is 0.959. The summed E-state index contributed by atoms with van der Waals surface area (Å²) in [5, 5.41) is 5.25. The number of furan rings is 1. The molecule has 1 N–H and O–H groups in total. The van der Waals surface area contributed by atoms with Crippen molar-refractivity contribution in [3.05, 3.63) is 60.2 Å². The van der Waals surface area contributed by atoms with Crippen molar-refractivity contribution in [1.29, 1.82) is 0 Å². The molecule has 2 heterocycles. The molecule has 0 saturated heterocycles. The predicted octanol–water partition coefficient (Wildman–Crippen LogP) is 3.13. The van der Waals surface area contributed by atoms with Crippen LogP contribution in [0.2, 0.25) is 0 Å². The van der Waals surface area contributed by atoms with E-state index in [1.807, 2.05) is 37.4 Å². The fourth-order valence-electron chi connectivity index (χ4n) is 2.14. The number of fused-ring (bicyclic) bond motifs is 1. The lowest BCUT2D eigenvalue weighted by Gasteiger charge is -2.10. The van der Waals surface area contributed by atoms with Gasteiger partial charge < -0.3 is 14.5 Å². The second-order valence-corrected chi connectivity index (χ2v) is 4.54. The third kappa shape index (κ3) is 2.65. The number of pyridine rings is 1. The average Bonchev–Trinajstić information content (AvgIpc) is 2.98. The summed E-state index contributed by atoms with van der Waals surface area (Å²) in [6.45, 7) is 1.09. The highest BCUT2D eigenvalue weighted by Crippen LogP contribution is 2.25. The number of benzene rings is 1. The highest BCUT2D eigenvalue weighted by molar-refractivity contribution is 5.87. The molecule has 3 rings (SSSR count). The van der Waals surface area contributed by atoms with Crippen molar-refractivity contribution >= 4 is 10.8 Å². The Morgan fingerprint density at radius 3 is 2.90 bits per heavy atom. The standard InChI is InChI=1S/C16H16N2O2/c1-17-10-13-9-12-5-2-3-7-15(12)16(18-13)20-11-14-6-4-8-19-14/h2-9,17H,10-11H2,1H3. The predicted molar refractivity (Wildman–Crippen MR) is 77.5 cm³/mol. The van der Waals surface area contributed by atoms with Crippen LogP contribution in [0.15, 0.2) is 53.1 Å². The van der Waals surface area contributed by atoms with Crippen LogP contribution in [-0.4, -0.2) is 12.0 Å². The van der Waals surface area contributed by atoms with Gasteiger partial charge in [0.2, 0.25) is 5.88 Å². The van der Waals surface area contributed by atoms with E-state index in [9.17, 15) is 0 Å².